The molecule has 7 nitrogen and oxygen atoms in total. The van der Waals surface area contributed by atoms with Crippen LogP contribution in [0.3, 0.4) is 0 Å². The molecule has 0 bridgehead atoms. The van der Waals surface area contributed by atoms with Gasteiger partial charge in [0.25, 0.3) is 11.7 Å². The van der Waals surface area contributed by atoms with Crippen LogP contribution in [0.15, 0.2) is 72.3 Å². The summed E-state index contributed by atoms with van der Waals surface area (Å²) < 4.78 is 17.1. The van der Waals surface area contributed by atoms with E-state index in [4.69, 9.17) is 14.2 Å². The number of ether oxygens (including phenoxy) is 3. The van der Waals surface area contributed by atoms with Crippen molar-refractivity contribution in [1.82, 2.24) is 0 Å². The quantitative estimate of drug-likeness (QED) is 0.180. The molecule has 1 fully saturated rings. The van der Waals surface area contributed by atoms with Crippen LogP contribution in [0.4, 0.5) is 5.69 Å². The molecule has 1 unspecified atom stereocenters. The second kappa shape index (κ2) is 12.1. The maximum Gasteiger partial charge on any atom is 0.300 e. The summed E-state index contributed by atoms with van der Waals surface area (Å²) in [7, 11) is 0. The molecular formula is C32H35NO6. The Morgan fingerprint density at radius 2 is 1.49 bits per heavy atom. The van der Waals surface area contributed by atoms with Crippen LogP contribution in [0.5, 0.6) is 17.2 Å². The largest absolute Gasteiger partial charge is 0.507 e. The lowest BCUT2D eigenvalue weighted by Gasteiger charge is -2.26. The van der Waals surface area contributed by atoms with E-state index in [1.54, 1.807) is 42.5 Å². The molecule has 1 N–H and O–H groups in total. The van der Waals surface area contributed by atoms with Crippen LogP contribution >= 0.6 is 0 Å². The standard InChI is InChI=1S/C32H35NO6/c1-6-37-24-11-9-10-23(18-24)33-29(22-14-12-21(13-15-22)20(4)5)28(31(35)32(33)36)30(34)26-17-16-25(38-7-2)19-27(26)39-8-3/h9-20,29,34H,6-8H2,1-5H3/b30-28-. The minimum atomic E-state index is -0.857. The molecule has 0 radical (unpaired) electrons. The first-order valence-corrected chi connectivity index (χ1v) is 13.3. The summed E-state index contributed by atoms with van der Waals surface area (Å²) in [5, 5.41) is 11.6. The zero-order chi connectivity index (χ0) is 28.1. The van der Waals surface area contributed by atoms with Gasteiger partial charge in [-0.15, -0.1) is 0 Å². The van der Waals surface area contributed by atoms with Crippen molar-refractivity contribution in [1.29, 1.82) is 0 Å². The molecule has 0 saturated carbocycles. The van der Waals surface area contributed by atoms with Gasteiger partial charge in [0.15, 0.2) is 0 Å². The van der Waals surface area contributed by atoms with E-state index in [0.29, 0.717) is 59.8 Å². The van der Waals surface area contributed by atoms with E-state index in [1.807, 2.05) is 45.0 Å². The van der Waals surface area contributed by atoms with Gasteiger partial charge in [-0.05, 0) is 62.1 Å². The van der Waals surface area contributed by atoms with Gasteiger partial charge in [0, 0.05) is 17.8 Å². The molecule has 1 heterocycles. The highest BCUT2D eigenvalue weighted by Gasteiger charge is 2.47. The van der Waals surface area contributed by atoms with Crippen molar-refractivity contribution in [2.75, 3.05) is 24.7 Å². The summed E-state index contributed by atoms with van der Waals surface area (Å²) in [6.45, 7) is 11.0. The number of anilines is 1. The third-order valence-electron chi connectivity index (χ3n) is 6.59. The molecular weight excluding hydrogens is 494 g/mol. The normalized spacial score (nSPS) is 16.6. The SMILES string of the molecule is CCOc1cccc(N2C(=O)C(=O)/C(=C(\O)c3ccc(OCC)cc3OCC)C2c2ccc(C(C)C)cc2)c1. The molecule has 204 valence electrons. The molecule has 7 heteroatoms. The fraction of sp³-hybridized carbons (Fsp3) is 0.312. The van der Waals surface area contributed by atoms with Crippen LogP contribution in [0, 0.1) is 0 Å². The highest BCUT2D eigenvalue weighted by molar-refractivity contribution is 6.51. The number of amides is 1. The highest BCUT2D eigenvalue weighted by atomic mass is 16.5. The number of Topliss-reactive ketones (excluding diaryl/α,β-unsaturated/α-hetero) is 1. The number of hydrogen-bond donors (Lipinski definition) is 1. The van der Waals surface area contributed by atoms with E-state index in [1.165, 1.54) is 4.90 Å². The maximum atomic E-state index is 13.6. The Bertz CT molecular complexity index is 1380. The van der Waals surface area contributed by atoms with Gasteiger partial charge in [0.2, 0.25) is 0 Å². The van der Waals surface area contributed by atoms with E-state index in [0.717, 1.165) is 5.56 Å². The van der Waals surface area contributed by atoms with Crippen molar-refractivity contribution >= 4 is 23.1 Å². The van der Waals surface area contributed by atoms with Gasteiger partial charge in [0.05, 0.1) is 37.0 Å². The fourth-order valence-corrected chi connectivity index (χ4v) is 4.74. The van der Waals surface area contributed by atoms with Crippen LogP contribution < -0.4 is 19.1 Å². The minimum absolute atomic E-state index is 0.00998. The summed E-state index contributed by atoms with van der Waals surface area (Å²) >= 11 is 0. The molecule has 4 rings (SSSR count). The Kier molecular flexibility index (Phi) is 8.59. The van der Waals surface area contributed by atoms with Crippen LogP contribution in [0.1, 0.15) is 63.3 Å². The van der Waals surface area contributed by atoms with Gasteiger partial charge < -0.3 is 19.3 Å². The number of benzene rings is 3. The van der Waals surface area contributed by atoms with Gasteiger partial charge in [-0.1, -0.05) is 44.2 Å². The Morgan fingerprint density at radius 1 is 0.846 bits per heavy atom. The smallest absolute Gasteiger partial charge is 0.300 e. The first-order chi connectivity index (χ1) is 18.8. The van der Waals surface area contributed by atoms with Crippen molar-refractivity contribution < 1.29 is 28.9 Å². The molecule has 1 saturated heterocycles. The van der Waals surface area contributed by atoms with Crippen molar-refractivity contribution in [3.05, 3.63) is 89.0 Å². The van der Waals surface area contributed by atoms with Crippen molar-refractivity contribution in [2.24, 2.45) is 0 Å². The van der Waals surface area contributed by atoms with Gasteiger partial charge >= 0.3 is 0 Å². The van der Waals surface area contributed by atoms with Gasteiger partial charge in [0.1, 0.15) is 23.0 Å². The number of nitrogens with zero attached hydrogens (tertiary/aromatic N) is 1. The van der Waals surface area contributed by atoms with Crippen molar-refractivity contribution in [3.63, 3.8) is 0 Å². The zero-order valence-electron chi connectivity index (χ0n) is 23.1. The van der Waals surface area contributed by atoms with Crippen LogP contribution in [-0.4, -0.2) is 36.6 Å². The summed E-state index contributed by atoms with van der Waals surface area (Å²) in [4.78, 5) is 28.6. The molecule has 1 amide bonds. The second-order valence-electron chi connectivity index (χ2n) is 9.44. The molecule has 0 spiro atoms. The Hall–Kier alpha value is -4.26. The lowest BCUT2D eigenvalue weighted by molar-refractivity contribution is -0.132. The first kappa shape index (κ1) is 27.8. The topological polar surface area (TPSA) is 85.3 Å². The van der Waals surface area contributed by atoms with Gasteiger partial charge in [-0.25, -0.2) is 0 Å². The monoisotopic (exact) mass is 529 g/mol. The Balaban J connectivity index is 1.93. The summed E-state index contributed by atoms with van der Waals surface area (Å²) in [5.74, 6) is 0.0182. The summed E-state index contributed by atoms with van der Waals surface area (Å²) in [6.07, 6.45) is 0. The molecule has 0 aromatic heterocycles. The van der Waals surface area contributed by atoms with Crippen molar-refractivity contribution in [3.8, 4) is 17.2 Å². The average molecular weight is 530 g/mol. The lowest BCUT2D eigenvalue weighted by Crippen LogP contribution is -2.29. The number of aliphatic hydroxyl groups is 1. The molecule has 0 aliphatic carbocycles. The number of ketones is 1. The Labute approximate surface area is 229 Å². The third-order valence-corrected chi connectivity index (χ3v) is 6.59. The average Bonchev–Trinajstić information content (AvgIpc) is 3.19. The zero-order valence-corrected chi connectivity index (χ0v) is 23.1. The third kappa shape index (κ3) is 5.62. The van der Waals surface area contributed by atoms with E-state index in [2.05, 4.69) is 13.8 Å². The highest BCUT2D eigenvalue weighted by Crippen LogP contribution is 2.44. The van der Waals surface area contributed by atoms with E-state index < -0.39 is 17.7 Å². The maximum absolute atomic E-state index is 13.6. The molecule has 1 aliphatic rings. The first-order valence-electron chi connectivity index (χ1n) is 13.3. The van der Waals surface area contributed by atoms with Crippen LogP contribution in [-0.2, 0) is 9.59 Å². The van der Waals surface area contributed by atoms with Gasteiger partial charge in [-0.2, -0.15) is 0 Å². The molecule has 1 atom stereocenters. The predicted molar refractivity (Wildman–Crippen MR) is 152 cm³/mol. The van der Waals surface area contributed by atoms with E-state index in [-0.39, 0.29) is 11.3 Å². The van der Waals surface area contributed by atoms with Crippen LogP contribution in [0.2, 0.25) is 0 Å². The Morgan fingerprint density at radius 3 is 2.10 bits per heavy atom. The molecule has 3 aromatic carbocycles. The number of hydrogen-bond acceptors (Lipinski definition) is 6. The molecule has 1 aliphatic heterocycles. The second-order valence-corrected chi connectivity index (χ2v) is 9.44. The van der Waals surface area contributed by atoms with Crippen molar-refractivity contribution in [2.45, 2.75) is 46.6 Å². The van der Waals surface area contributed by atoms with E-state index in [9.17, 15) is 14.7 Å². The number of rotatable bonds is 10. The number of carbonyl (C=O) groups is 2. The van der Waals surface area contributed by atoms with Gasteiger partial charge in [-0.3, -0.25) is 14.5 Å². The predicted octanol–water partition coefficient (Wildman–Crippen LogP) is 6.63. The number of aliphatic hydroxyl groups excluding tert-OH is 1. The summed E-state index contributed by atoms with van der Waals surface area (Å²) in [6, 6.07) is 19.0. The molecule has 3 aromatic rings. The fourth-order valence-electron chi connectivity index (χ4n) is 4.74. The summed E-state index contributed by atoms with van der Waals surface area (Å²) in [5.41, 5.74) is 2.62. The van der Waals surface area contributed by atoms with E-state index >= 15 is 0 Å². The number of carbonyl (C=O) groups excluding carboxylic acids is 2. The molecule has 39 heavy (non-hydrogen) atoms. The lowest BCUT2D eigenvalue weighted by atomic mass is 9.93. The van der Waals surface area contributed by atoms with Crippen LogP contribution in [0.25, 0.3) is 5.76 Å². The minimum Gasteiger partial charge on any atom is -0.507 e.